The molecule has 0 aliphatic heterocycles. The molecule has 0 amide bonds. The van der Waals surface area contributed by atoms with E-state index in [1.807, 2.05) is 0 Å². The van der Waals surface area contributed by atoms with Crippen LogP contribution in [0.3, 0.4) is 0 Å². The highest BCUT2D eigenvalue weighted by atomic mass is 35.5. The lowest BCUT2D eigenvalue weighted by Crippen LogP contribution is -2.12. The number of thioether (sulfide) groups is 1. The lowest BCUT2D eigenvalue weighted by Gasteiger charge is -2.10. The van der Waals surface area contributed by atoms with E-state index in [4.69, 9.17) is 26.3 Å². The molecule has 0 aliphatic rings. The van der Waals surface area contributed by atoms with Gasteiger partial charge >= 0.3 is 5.97 Å². The molecule has 0 bridgehead atoms. The Balaban J connectivity index is 3.14. The summed E-state index contributed by atoms with van der Waals surface area (Å²) in [7, 11) is 1.44. The first-order valence-electron chi connectivity index (χ1n) is 5.76. The van der Waals surface area contributed by atoms with Crippen LogP contribution >= 0.6 is 23.4 Å². The summed E-state index contributed by atoms with van der Waals surface area (Å²) in [6, 6.07) is 3.24. The van der Waals surface area contributed by atoms with Crippen LogP contribution in [0.15, 0.2) is 16.7 Å². The van der Waals surface area contributed by atoms with Gasteiger partial charge in [0.1, 0.15) is 16.3 Å². The summed E-state index contributed by atoms with van der Waals surface area (Å²) in [5.74, 6) is -0.348. The highest BCUT2D eigenvalue weighted by molar-refractivity contribution is 8.02. The quantitative estimate of drug-likeness (QED) is 0.367. The smallest absolute Gasteiger partial charge is 0.351 e. The molecule has 1 aromatic rings. The third-order valence-electron chi connectivity index (χ3n) is 2.13. The van der Waals surface area contributed by atoms with Crippen LogP contribution in [-0.4, -0.2) is 35.9 Å². The maximum atomic E-state index is 11.7. The molecule has 0 spiro atoms. The minimum Gasteiger partial charge on any atom is -0.481 e. The van der Waals surface area contributed by atoms with Crippen molar-refractivity contribution in [3.8, 4) is 11.9 Å². The number of ether oxygens (including phenoxy) is 2. The van der Waals surface area contributed by atoms with E-state index in [1.165, 1.54) is 13.2 Å². The molecule has 0 saturated carbocycles. The Morgan fingerprint density at radius 1 is 1.57 bits per heavy atom. The summed E-state index contributed by atoms with van der Waals surface area (Å²) in [6.45, 7) is 1.83. The zero-order valence-electron chi connectivity index (χ0n) is 11.6. The predicted molar refractivity (Wildman–Crippen MR) is 80.0 cm³/mol. The zero-order chi connectivity index (χ0) is 15.8. The summed E-state index contributed by atoms with van der Waals surface area (Å²) in [5, 5.41) is 12.3. The zero-order valence-corrected chi connectivity index (χ0v) is 13.2. The molecule has 9 heteroatoms. The summed E-state index contributed by atoms with van der Waals surface area (Å²) in [6.07, 6.45) is 1.70. The number of nitrogens with zero attached hydrogens (tertiary/aromatic N) is 3. The number of hydrogen-bond acceptors (Lipinski definition) is 8. The second-order valence-electron chi connectivity index (χ2n) is 3.42. The van der Waals surface area contributed by atoms with E-state index >= 15 is 0 Å². The number of carbonyl (C=O) groups excluding carboxylic acids is 1. The Morgan fingerprint density at radius 3 is 2.81 bits per heavy atom. The van der Waals surface area contributed by atoms with E-state index in [0.717, 1.165) is 11.8 Å². The summed E-state index contributed by atoms with van der Waals surface area (Å²) in [4.78, 5) is 19.7. The van der Waals surface area contributed by atoms with Crippen molar-refractivity contribution in [2.45, 2.75) is 6.92 Å². The monoisotopic (exact) mass is 328 g/mol. The fourth-order valence-electron chi connectivity index (χ4n) is 1.27. The molecule has 1 N–H and O–H groups in total. The normalized spacial score (nSPS) is 11.2. The number of esters is 1. The van der Waals surface area contributed by atoms with Crippen molar-refractivity contribution in [2.75, 3.05) is 25.3 Å². The van der Waals surface area contributed by atoms with Crippen molar-refractivity contribution >= 4 is 35.3 Å². The van der Waals surface area contributed by atoms with Gasteiger partial charge in [0.05, 0.1) is 13.7 Å². The van der Waals surface area contributed by atoms with E-state index in [0.29, 0.717) is 0 Å². The Hall–Kier alpha value is -1.98. The molecule has 0 fully saturated rings. The van der Waals surface area contributed by atoms with E-state index in [-0.39, 0.29) is 34.2 Å². The maximum absolute atomic E-state index is 11.7. The SMILES string of the molecule is CCOC(=O)/C(C#N)=C(\Nc1nc(Cl)cc(OC)n1)SC. The number of anilines is 1. The number of aromatic nitrogens is 2. The number of halogens is 1. The largest absolute Gasteiger partial charge is 0.481 e. The van der Waals surface area contributed by atoms with E-state index in [2.05, 4.69) is 15.3 Å². The van der Waals surface area contributed by atoms with Gasteiger partial charge in [-0.1, -0.05) is 11.6 Å². The fourth-order valence-corrected chi connectivity index (χ4v) is 1.97. The van der Waals surface area contributed by atoms with Crippen molar-refractivity contribution in [3.05, 3.63) is 21.8 Å². The number of nitriles is 1. The van der Waals surface area contributed by atoms with Gasteiger partial charge in [-0.15, -0.1) is 11.8 Å². The first-order chi connectivity index (χ1) is 10.0. The molecule has 0 saturated heterocycles. The lowest BCUT2D eigenvalue weighted by atomic mass is 10.3. The van der Waals surface area contributed by atoms with Crippen molar-refractivity contribution in [2.24, 2.45) is 0 Å². The molecule has 0 radical (unpaired) electrons. The van der Waals surface area contributed by atoms with Crippen LogP contribution in [0.1, 0.15) is 6.92 Å². The van der Waals surface area contributed by atoms with Crippen molar-refractivity contribution in [3.63, 3.8) is 0 Å². The van der Waals surface area contributed by atoms with Gasteiger partial charge in [0, 0.05) is 6.07 Å². The Bertz CT molecular complexity index is 601. The molecule has 1 heterocycles. The van der Waals surface area contributed by atoms with Crippen LogP contribution < -0.4 is 10.1 Å². The minimum absolute atomic E-state index is 0.112. The number of methoxy groups -OCH3 is 1. The number of nitrogens with one attached hydrogen (secondary N) is 1. The third kappa shape index (κ3) is 4.81. The van der Waals surface area contributed by atoms with Gasteiger partial charge in [-0.05, 0) is 13.2 Å². The standard InChI is InChI=1S/C12H13ClN4O3S/c1-4-20-11(18)7(6-14)10(21-3)17-12-15-8(13)5-9(16-12)19-2/h5H,4H2,1-3H3,(H,15,16,17)/b10-7+. The van der Waals surface area contributed by atoms with Gasteiger partial charge in [-0.2, -0.15) is 10.2 Å². The van der Waals surface area contributed by atoms with Gasteiger partial charge < -0.3 is 14.8 Å². The molecule has 21 heavy (non-hydrogen) atoms. The van der Waals surface area contributed by atoms with Crippen molar-refractivity contribution in [1.82, 2.24) is 9.97 Å². The lowest BCUT2D eigenvalue weighted by molar-refractivity contribution is -0.138. The molecule has 1 rings (SSSR count). The highest BCUT2D eigenvalue weighted by Gasteiger charge is 2.17. The summed E-state index contributed by atoms with van der Waals surface area (Å²) in [5.41, 5.74) is -0.160. The molecule has 1 aromatic heterocycles. The molecule has 0 aromatic carbocycles. The molecule has 0 atom stereocenters. The predicted octanol–water partition coefficient (Wildman–Crippen LogP) is 2.21. The van der Waals surface area contributed by atoms with Gasteiger partial charge in [-0.25, -0.2) is 9.78 Å². The van der Waals surface area contributed by atoms with E-state index < -0.39 is 5.97 Å². The minimum atomic E-state index is -0.717. The fraction of sp³-hybridized carbons (Fsp3) is 0.333. The van der Waals surface area contributed by atoms with Crippen LogP contribution in [0.5, 0.6) is 5.88 Å². The first-order valence-corrected chi connectivity index (χ1v) is 7.37. The number of carbonyl (C=O) groups is 1. The van der Waals surface area contributed by atoms with Crippen LogP contribution in [0.2, 0.25) is 5.15 Å². The van der Waals surface area contributed by atoms with Crippen LogP contribution in [-0.2, 0) is 9.53 Å². The van der Waals surface area contributed by atoms with Gasteiger partial charge in [-0.3, -0.25) is 0 Å². The average Bonchev–Trinajstić information content (AvgIpc) is 2.46. The third-order valence-corrected chi connectivity index (χ3v) is 3.04. The Kier molecular flexibility index (Phi) is 6.78. The Morgan fingerprint density at radius 2 is 2.29 bits per heavy atom. The average molecular weight is 329 g/mol. The maximum Gasteiger partial charge on any atom is 0.351 e. The number of rotatable bonds is 6. The van der Waals surface area contributed by atoms with E-state index in [1.54, 1.807) is 19.2 Å². The molecular formula is C12H13ClN4O3S. The highest BCUT2D eigenvalue weighted by Crippen LogP contribution is 2.22. The van der Waals surface area contributed by atoms with E-state index in [9.17, 15) is 4.79 Å². The molecule has 7 nitrogen and oxygen atoms in total. The second-order valence-corrected chi connectivity index (χ2v) is 4.63. The van der Waals surface area contributed by atoms with Crippen LogP contribution in [0.25, 0.3) is 0 Å². The Labute approximate surface area is 131 Å². The van der Waals surface area contributed by atoms with Gasteiger partial charge in [0.2, 0.25) is 11.8 Å². The van der Waals surface area contributed by atoms with Gasteiger partial charge in [0.15, 0.2) is 5.57 Å². The molecule has 0 unspecified atom stereocenters. The molecule has 0 aliphatic carbocycles. The second kappa shape index (κ2) is 8.34. The molecular weight excluding hydrogens is 316 g/mol. The number of hydrogen-bond donors (Lipinski definition) is 1. The topological polar surface area (TPSA) is 97.1 Å². The van der Waals surface area contributed by atoms with Crippen LogP contribution in [0.4, 0.5) is 5.95 Å². The summed E-state index contributed by atoms with van der Waals surface area (Å²) >= 11 is 6.98. The van der Waals surface area contributed by atoms with Gasteiger partial charge in [0.25, 0.3) is 0 Å². The van der Waals surface area contributed by atoms with Crippen molar-refractivity contribution < 1.29 is 14.3 Å². The first kappa shape index (κ1) is 17.1. The summed E-state index contributed by atoms with van der Waals surface area (Å²) < 4.78 is 9.79. The molecule has 112 valence electrons. The van der Waals surface area contributed by atoms with Crippen LogP contribution in [0, 0.1) is 11.3 Å². The van der Waals surface area contributed by atoms with Crippen molar-refractivity contribution in [1.29, 1.82) is 5.26 Å².